The molecule has 0 amide bonds. The third-order valence-corrected chi connectivity index (χ3v) is 5.66. The fourth-order valence-corrected chi connectivity index (χ4v) is 4.45. The van der Waals surface area contributed by atoms with Crippen molar-refractivity contribution in [1.29, 1.82) is 0 Å². The van der Waals surface area contributed by atoms with Crippen LogP contribution in [0.2, 0.25) is 0 Å². The summed E-state index contributed by atoms with van der Waals surface area (Å²) in [6, 6.07) is 26.3. The molecule has 5 rings (SSSR count). The van der Waals surface area contributed by atoms with E-state index in [0.717, 1.165) is 6.54 Å². The zero-order valence-corrected chi connectivity index (χ0v) is 14.3. The first-order valence-electron chi connectivity index (χ1n) is 9.03. The van der Waals surface area contributed by atoms with Crippen molar-refractivity contribution in [1.82, 2.24) is 9.63 Å². The Hall–Kier alpha value is -2.36. The van der Waals surface area contributed by atoms with Crippen LogP contribution in [0.1, 0.15) is 41.7 Å². The molecule has 0 N–H and O–H groups in total. The summed E-state index contributed by atoms with van der Waals surface area (Å²) in [6.07, 6.45) is 2.36. The highest BCUT2D eigenvalue weighted by Gasteiger charge is 2.50. The molecule has 0 saturated carbocycles. The Bertz CT molecular complexity index is 858. The fourth-order valence-electron chi connectivity index (χ4n) is 4.45. The highest BCUT2D eigenvalue weighted by Crippen LogP contribution is 2.52. The number of fused-ring (bicyclic) bond motifs is 4. The molecule has 4 atom stereocenters. The van der Waals surface area contributed by atoms with Gasteiger partial charge in [-0.05, 0) is 30.2 Å². The van der Waals surface area contributed by atoms with Gasteiger partial charge in [-0.15, -0.1) is 0 Å². The molecular formula is C22H22N2O. The van der Waals surface area contributed by atoms with E-state index in [0.29, 0.717) is 5.92 Å². The Morgan fingerprint density at radius 1 is 0.920 bits per heavy atom. The maximum Gasteiger partial charge on any atom is 0.106 e. The van der Waals surface area contributed by atoms with E-state index in [1.807, 2.05) is 0 Å². The molecule has 1 saturated heterocycles. The molecule has 3 heteroatoms. The van der Waals surface area contributed by atoms with Gasteiger partial charge in [0.1, 0.15) is 6.10 Å². The van der Waals surface area contributed by atoms with Crippen LogP contribution in [0.3, 0.4) is 0 Å². The number of rotatable bonds is 3. The number of benzene rings is 2. The summed E-state index contributed by atoms with van der Waals surface area (Å²) < 4.78 is 2.35. The molecule has 3 nitrogen and oxygen atoms in total. The minimum Gasteiger partial charge on any atom is -0.347 e. The Morgan fingerprint density at radius 2 is 1.64 bits per heavy atom. The topological polar surface area (TPSA) is 17.4 Å². The molecule has 2 aromatic carbocycles. The molecule has 2 bridgehead atoms. The standard InChI is InChI=1S/C22H22N2O/c1-16(17-9-4-2-5-10-17)24-22-19-13-8-14-23(19)15-20(25-24)21(22)18-11-6-3-7-12-18/h2-14,16,20-22H,15H2,1H3/t16-,20+,21-,22-/m1/s1. The van der Waals surface area contributed by atoms with Crippen LogP contribution in [0.15, 0.2) is 79.0 Å². The molecule has 0 spiro atoms. The summed E-state index contributed by atoms with van der Waals surface area (Å²) in [5.74, 6) is 0.370. The van der Waals surface area contributed by atoms with Crippen molar-refractivity contribution >= 4 is 0 Å². The van der Waals surface area contributed by atoms with E-state index >= 15 is 0 Å². The Labute approximate surface area is 148 Å². The van der Waals surface area contributed by atoms with Gasteiger partial charge >= 0.3 is 0 Å². The lowest BCUT2D eigenvalue weighted by Crippen LogP contribution is -2.31. The van der Waals surface area contributed by atoms with Gasteiger partial charge in [0, 0.05) is 17.8 Å². The quantitative estimate of drug-likeness (QED) is 0.692. The van der Waals surface area contributed by atoms with Crippen molar-refractivity contribution in [2.24, 2.45) is 0 Å². The zero-order valence-electron chi connectivity index (χ0n) is 14.3. The van der Waals surface area contributed by atoms with E-state index in [4.69, 9.17) is 4.84 Å². The molecule has 0 aliphatic carbocycles. The van der Waals surface area contributed by atoms with Crippen LogP contribution in [0.5, 0.6) is 0 Å². The molecule has 3 heterocycles. The summed E-state index contributed by atoms with van der Waals surface area (Å²) in [7, 11) is 0. The average molecular weight is 330 g/mol. The number of hydrogen-bond donors (Lipinski definition) is 0. The van der Waals surface area contributed by atoms with E-state index in [-0.39, 0.29) is 18.2 Å². The summed E-state index contributed by atoms with van der Waals surface area (Å²) in [6.45, 7) is 3.15. The molecule has 2 aliphatic rings. The van der Waals surface area contributed by atoms with E-state index in [1.54, 1.807) is 0 Å². The van der Waals surface area contributed by atoms with Crippen molar-refractivity contribution in [2.75, 3.05) is 0 Å². The maximum absolute atomic E-state index is 6.52. The van der Waals surface area contributed by atoms with Gasteiger partial charge < -0.3 is 4.57 Å². The normalized spacial score (nSPS) is 26.4. The molecule has 25 heavy (non-hydrogen) atoms. The first kappa shape index (κ1) is 14.9. The van der Waals surface area contributed by atoms with Gasteiger partial charge in [-0.2, -0.15) is 5.06 Å². The second-order valence-electron chi connectivity index (χ2n) is 7.06. The summed E-state index contributed by atoms with van der Waals surface area (Å²) in [4.78, 5) is 6.52. The lowest BCUT2D eigenvalue weighted by atomic mass is 9.83. The minimum absolute atomic E-state index is 0.179. The third-order valence-electron chi connectivity index (χ3n) is 5.66. The van der Waals surface area contributed by atoms with Gasteiger partial charge in [-0.25, -0.2) is 0 Å². The Morgan fingerprint density at radius 3 is 2.40 bits per heavy atom. The molecule has 0 radical (unpaired) electrons. The van der Waals surface area contributed by atoms with Gasteiger partial charge in [0.15, 0.2) is 0 Å². The average Bonchev–Trinajstić information content (AvgIpc) is 3.25. The second-order valence-corrected chi connectivity index (χ2v) is 7.06. The zero-order chi connectivity index (χ0) is 16.8. The number of nitrogens with zero attached hydrogens (tertiary/aromatic N) is 2. The van der Waals surface area contributed by atoms with E-state index in [1.165, 1.54) is 16.8 Å². The largest absolute Gasteiger partial charge is 0.347 e. The fraction of sp³-hybridized carbons (Fsp3) is 0.273. The molecule has 0 unspecified atom stereocenters. The Kier molecular flexibility index (Phi) is 3.51. The summed E-state index contributed by atoms with van der Waals surface area (Å²) in [5.41, 5.74) is 4.01. The molecule has 126 valence electrons. The van der Waals surface area contributed by atoms with E-state index < -0.39 is 0 Å². The maximum atomic E-state index is 6.52. The molecular weight excluding hydrogens is 308 g/mol. The molecule has 2 aliphatic heterocycles. The Balaban J connectivity index is 1.58. The van der Waals surface area contributed by atoms with Gasteiger partial charge in [0.05, 0.1) is 18.6 Å². The van der Waals surface area contributed by atoms with E-state index in [2.05, 4.69) is 95.5 Å². The van der Waals surface area contributed by atoms with Gasteiger partial charge in [-0.3, -0.25) is 4.84 Å². The first-order valence-corrected chi connectivity index (χ1v) is 9.03. The lowest BCUT2D eigenvalue weighted by Gasteiger charge is -2.33. The van der Waals surface area contributed by atoms with Crippen LogP contribution in [0.4, 0.5) is 0 Å². The van der Waals surface area contributed by atoms with Crippen molar-refractivity contribution in [2.45, 2.75) is 37.6 Å². The van der Waals surface area contributed by atoms with Crippen molar-refractivity contribution in [3.8, 4) is 0 Å². The monoisotopic (exact) mass is 330 g/mol. The van der Waals surface area contributed by atoms with Crippen molar-refractivity contribution in [3.63, 3.8) is 0 Å². The minimum atomic E-state index is 0.179. The molecule has 1 aromatic heterocycles. The van der Waals surface area contributed by atoms with Crippen LogP contribution in [0.25, 0.3) is 0 Å². The lowest BCUT2D eigenvalue weighted by molar-refractivity contribution is -0.185. The summed E-state index contributed by atoms with van der Waals surface area (Å²) >= 11 is 0. The number of hydrogen-bond acceptors (Lipinski definition) is 2. The highest BCUT2D eigenvalue weighted by atomic mass is 16.7. The van der Waals surface area contributed by atoms with Crippen LogP contribution >= 0.6 is 0 Å². The van der Waals surface area contributed by atoms with Gasteiger partial charge in [-0.1, -0.05) is 60.7 Å². The van der Waals surface area contributed by atoms with Gasteiger partial charge in [0.2, 0.25) is 0 Å². The number of aromatic nitrogens is 1. The van der Waals surface area contributed by atoms with Crippen LogP contribution in [-0.2, 0) is 11.4 Å². The van der Waals surface area contributed by atoms with E-state index in [9.17, 15) is 0 Å². The highest BCUT2D eigenvalue weighted by molar-refractivity contribution is 5.31. The van der Waals surface area contributed by atoms with Crippen LogP contribution in [-0.4, -0.2) is 15.7 Å². The van der Waals surface area contributed by atoms with Crippen molar-refractivity contribution < 1.29 is 4.84 Å². The molecule has 3 aromatic rings. The SMILES string of the molecule is C[C@H](c1ccccc1)N1O[C@H]2Cn3cccc3[C@@H]1[C@@H]2c1ccccc1. The van der Waals surface area contributed by atoms with Crippen LogP contribution in [0, 0.1) is 0 Å². The third kappa shape index (κ3) is 2.35. The molecule has 1 fully saturated rings. The summed E-state index contributed by atoms with van der Waals surface area (Å²) in [5, 5.41) is 2.23. The predicted molar refractivity (Wildman–Crippen MR) is 97.9 cm³/mol. The van der Waals surface area contributed by atoms with Crippen molar-refractivity contribution in [3.05, 3.63) is 95.8 Å². The first-order chi connectivity index (χ1) is 12.3. The van der Waals surface area contributed by atoms with Gasteiger partial charge in [0.25, 0.3) is 0 Å². The number of hydroxylamine groups is 2. The predicted octanol–water partition coefficient (Wildman–Crippen LogP) is 4.70. The smallest absolute Gasteiger partial charge is 0.106 e. The van der Waals surface area contributed by atoms with Crippen LogP contribution < -0.4 is 0 Å². The second kappa shape index (κ2) is 5.87.